The number of carbonyl (C=O) groups is 1. The molecule has 3 aromatic heterocycles. The molecule has 3 heterocycles. The molecule has 0 unspecified atom stereocenters. The van der Waals surface area contributed by atoms with Gasteiger partial charge in [-0.3, -0.25) is 14.2 Å². The maximum Gasteiger partial charge on any atom is 0.274 e. The molecule has 0 aromatic carbocycles. The van der Waals surface area contributed by atoms with Gasteiger partial charge < -0.3 is 5.32 Å². The molecule has 0 aliphatic rings. The van der Waals surface area contributed by atoms with Gasteiger partial charge in [-0.1, -0.05) is 0 Å². The third-order valence-electron chi connectivity index (χ3n) is 3.41. The highest BCUT2D eigenvalue weighted by Gasteiger charge is 2.18. The first-order chi connectivity index (χ1) is 10.5. The molecule has 0 atom stereocenters. The highest BCUT2D eigenvalue weighted by molar-refractivity contribution is 9.10. The number of anilines is 1. The largest absolute Gasteiger partial charge is 0.321 e. The molecule has 0 radical (unpaired) electrons. The van der Waals surface area contributed by atoms with Crippen LogP contribution in [0.25, 0.3) is 5.65 Å². The van der Waals surface area contributed by atoms with E-state index in [1.165, 1.54) is 0 Å². The van der Waals surface area contributed by atoms with Crippen molar-refractivity contribution in [1.29, 1.82) is 0 Å². The summed E-state index contributed by atoms with van der Waals surface area (Å²) in [6.07, 6.45) is 3.53. The minimum absolute atomic E-state index is 0.187. The van der Waals surface area contributed by atoms with Crippen molar-refractivity contribution in [3.05, 3.63) is 57.7 Å². The number of rotatable bonds is 2. The van der Waals surface area contributed by atoms with Crippen molar-refractivity contribution >= 4 is 33.2 Å². The average Bonchev–Trinajstić information content (AvgIpc) is 2.75. The molecule has 22 heavy (non-hydrogen) atoms. The lowest BCUT2D eigenvalue weighted by atomic mass is 10.3. The van der Waals surface area contributed by atoms with Crippen LogP contribution in [-0.4, -0.2) is 20.3 Å². The first kappa shape index (κ1) is 14.7. The third kappa shape index (κ3) is 2.62. The number of imidazole rings is 1. The molecular formula is C16H15BrN4O. The number of aryl methyl sites for hydroxylation is 3. The van der Waals surface area contributed by atoms with E-state index in [1.807, 2.05) is 43.5 Å². The van der Waals surface area contributed by atoms with Crippen LogP contribution in [0.5, 0.6) is 0 Å². The third-order valence-corrected chi connectivity index (χ3v) is 3.85. The zero-order valence-electron chi connectivity index (χ0n) is 12.5. The van der Waals surface area contributed by atoms with E-state index in [0.29, 0.717) is 11.4 Å². The molecule has 3 rings (SSSR count). The minimum Gasteiger partial charge on any atom is -0.321 e. The first-order valence-corrected chi connectivity index (χ1v) is 7.64. The molecule has 0 aliphatic carbocycles. The number of aromatic nitrogens is 3. The zero-order valence-corrected chi connectivity index (χ0v) is 14.1. The van der Waals surface area contributed by atoms with Gasteiger partial charge in [0.2, 0.25) is 0 Å². The molecule has 5 nitrogen and oxygen atoms in total. The van der Waals surface area contributed by atoms with Crippen molar-refractivity contribution < 1.29 is 4.79 Å². The van der Waals surface area contributed by atoms with E-state index >= 15 is 0 Å². The molecule has 0 saturated carbocycles. The summed E-state index contributed by atoms with van der Waals surface area (Å²) in [5, 5.41) is 2.90. The summed E-state index contributed by atoms with van der Waals surface area (Å²) in [6.45, 7) is 5.70. The van der Waals surface area contributed by atoms with Crippen LogP contribution in [0.3, 0.4) is 0 Å². The van der Waals surface area contributed by atoms with Crippen LogP contribution in [0.4, 0.5) is 5.69 Å². The Morgan fingerprint density at radius 2 is 2.05 bits per heavy atom. The summed E-state index contributed by atoms with van der Waals surface area (Å²) in [5.41, 5.74) is 4.61. The number of hydrogen-bond donors (Lipinski definition) is 1. The van der Waals surface area contributed by atoms with E-state index < -0.39 is 0 Å². The molecule has 1 amide bonds. The highest BCUT2D eigenvalue weighted by Crippen LogP contribution is 2.21. The van der Waals surface area contributed by atoms with Gasteiger partial charge in [-0.05, 0) is 60.5 Å². The fraction of sp³-hybridized carbons (Fsp3) is 0.188. The molecule has 0 aliphatic heterocycles. The Balaban J connectivity index is 2.06. The fourth-order valence-electron chi connectivity index (χ4n) is 2.47. The van der Waals surface area contributed by atoms with Crippen molar-refractivity contribution in [2.24, 2.45) is 0 Å². The van der Waals surface area contributed by atoms with Gasteiger partial charge in [0.15, 0.2) is 0 Å². The van der Waals surface area contributed by atoms with Crippen LogP contribution in [0.15, 0.2) is 35.1 Å². The molecule has 112 valence electrons. The van der Waals surface area contributed by atoms with Crippen LogP contribution in [0, 0.1) is 20.8 Å². The Morgan fingerprint density at radius 1 is 1.27 bits per heavy atom. The lowest BCUT2D eigenvalue weighted by molar-refractivity contribution is 0.102. The summed E-state index contributed by atoms with van der Waals surface area (Å²) >= 11 is 3.46. The Morgan fingerprint density at radius 3 is 2.77 bits per heavy atom. The molecular weight excluding hydrogens is 344 g/mol. The number of amides is 1. The standard InChI is InChI=1S/C16H15BrN4O/c1-9-6-12(17)8-21-14(11(3)19-15(9)21)16(22)20-13-4-5-18-10(2)7-13/h4-8H,1-3H3,(H,18,20,22). The number of hydrogen-bond acceptors (Lipinski definition) is 3. The van der Waals surface area contributed by atoms with Crippen LogP contribution in [0.2, 0.25) is 0 Å². The van der Waals surface area contributed by atoms with Gasteiger partial charge in [-0.2, -0.15) is 0 Å². The van der Waals surface area contributed by atoms with Gasteiger partial charge in [-0.15, -0.1) is 0 Å². The van der Waals surface area contributed by atoms with Crippen LogP contribution in [0.1, 0.15) is 27.4 Å². The molecule has 6 heteroatoms. The number of nitrogens with one attached hydrogen (secondary N) is 1. The molecule has 1 N–H and O–H groups in total. The van der Waals surface area contributed by atoms with Crippen LogP contribution < -0.4 is 5.32 Å². The number of carbonyl (C=O) groups excluding carboxylic acids is 1. The lowest BCUT2D eigenvalue weighted by Crippen LogP contribution is -2.15. The Bertz CT molecular complexity index is 885. The fourth-order valence-corrected chi connectivity index (χ4v) is 3.02. The first-order valence-electron chi connectivity index (χ1n) is 6.84. The SMILES string of the molecule is Cc1cc(NC(=O)c2c(C)nc3c(C)cc(Br)cn23)ccn1. The molecule has 0 saturated heterocycles. The van der Waals surface area contributed by atoms with Crippen molar-refractivity contribution in [2.45, 2.75) is 20.8 Å². The minimum atomic E-state index is -0.187. The lowest BCUT2D eigenvalue weighted by Gasteiger charge is -2.07. The molecule has 0 spiro atoms. The van der Waals surface area contributed by atoms with Crippen molar-refractivity contribution in [2.75, 3.05) is 5.32 Å². The maximum atomic E-state index is 12.6. The van der Waals surface area contributed by atoms with Gasteiger partial charge in [0.05, 0.1) is 5.69 Å². The van der Waals surface area contributed by atoms with Gasteiger partial charge in [-0.25, -0.2) is 4.98 Å². The second-order valence-corrected chi connectivity index (χ2v) is 6.14. The quantitative estimate of drug-likeness (QED) is 0.760. The smallest absolute Gasteiger partial charge is 0.274 e. The second kappa shape index (κ2) is 5.53. The Kier molecular flexibility index (Phi) is 3.70. The summed E-state index contributed by atoms with van der Waals surface area (Å²) in [5.74, 6) is -0.187. The normalized spacial score (nSPS) is 10.9. The zero-order chi connectivity index (χ0) is 15.9. The topological polar surface area (TPSA) is 59.3 Å². The Labute approximate surface area is 136 Å². The van der Waals surface area contributed by atoms with Crippen LogP contribution >= 0.6 is 15.9 Å². The highest BCUT2D eigenvalue weighted by atomic mass is 79.9. The number of pyridine rings is 2. The van der Waals surface area contributed by atoms with E-state index in [-0.39, 0.29) is 5.91 Å². The summed E-state index contributed by atoms with van der Waals surface area (Å²) in [6, 6.07) is 5.58. The van der Waals surface area contributed by atoms with E-state index in [4.69, 9.17) is 0 Å². The summed E-state index contributed by atoms with van der Waals surface area (Å²) in [4.78, 5) is 21.3. The monoisotopic (exact) mass is 358 g/mol. The summed E-state index contributed by atoms with van der Waals surface area (Å²) in [7, 11) is 0. The van der Waals surface area contributed by atoms with Gasteiger partial charge in [0.25, 0.3) is 5.91 Å². The van der Waals surface area contributed by atoms with Crippen molar-refractivity contribution in [1.82, 2.24) is 14.4 Å². The van der Waals surface area contributed by atoms with Crippen molar-refractivity contribution in [3.63, 3.8) is 0 Å². The second-order valence-electron chi connectivity index (χ2n) is 5.22. The predicted molar refractivity (Wildman–Crippen MR) is 89.3 cm³/mol. The average molecular weight is 359 g/mol. The van der Waals surface area contributed by atoms with Gasteiger partial charge >= 0.3 is 0 Å². The van der Waals surface area contributed by atoms with E-state index in [2.05, 4.69) is 31.2 Å². The summed E-state index contributed by atoms with van der Waals surface area (Å²) < 4.78 is 2.72. The number of nitrogens with zero attached hydrogens (tertiary/aromatic N) is 3. The Hall–Kier alpha value is -2.21. The number of fused-ring (bicyclic) bond motifs is 1. The van der Waals surface area contributed by atoms with Gasteiger partial charge in [0.1, 0.15) is 11.3 Å². The molecule has 0 bridgehead atoms. The number of halogens is 1. The van der Waals surface area contributed by atoms with E-state index in [0.717, 1.165) is 27.1 Å². The van der Waals surface area contributed by atoms with E-state index in [1.54, 1.807) is 12.3 Å². The van der Waals surface area contributed by atoms with E-state index in [9.17, 15) is 4.79 Å². The van der Waals surface area contributed by atoms with Crippen LogP contribution in [-0.2, 0) is 0 Å². The molecule has 0 fully saturated rings. The molecule has 3 aromatic rings. The maximum absolute atomic E-state index is 12.6. The van der Waals surface area contributed by atoms with Gasteiger partial charge in [0, 0.05) is 28.2 Å². The predicted octanol–water partition coefficient (Wildman–Crippen LogP) is 3.67. The van der Waals surface area contributed by atoms with Crippen molar-refractivity contribution in [3.8, 4) is 0 Å².